The zero-order valence-electron chi connectivity index (χ0n) is 10.9. The molecule has 0 aliphatic carbocycles. The van der Waals surface area contributed by atoms with Gasteiger partial charge in [0.05, 0.1) is 0 Å². The summed E-state index contributed by atoms with van der Waals surface area (Å²) in [6.45, 7) is 7.66. The van der Waals surface area contributed by atoms with E-state index in [1.54, 1.807) is 11.3 Å². The largest absolute Gasteiger partial charge is 0.351 e. The molecule has 0 aliphatic heterocycles. The zero-order valence-corrected chi connectivity index (χ0v) is 11.7. The molecule has 0 saturated carbocycles. The van der Waals surface area contributed by atoms with E-state index < -0.39 is 0 Å². The van der Waals surface area contributed by atoms with E-state index in [9.17, 15) is 4.79 Å². The summed E-state index contributed by atoms with van der Waals surface area (Å²) in [6, 6.07) is 4.20. The fourth-order valence-corrected chi connectivity index (χ4v) is 2.18. The molecule has 0 bridgehead atoms. The minimum atomic E-state index is -0.131. The minimum Gasteiger partial charge on any atom is -0.351 e. The van der Waals surface area contributed by atoms with Crippen LogP contribution in [0.2, 0.25) is 0 Å². The molecule has 96 valence electrons. The molecular formula is C13H22N2OS. The van der Waals surface area contributed by atoms with Crippen molar-refractivity contribution >= 4 is 17.2 Å². The fourth-order valence-electron chi connectivity index (χ4n) is 1.47. The van der Waals surface area contributed by atoms with Crippen molar-refractivity contribution in [1.82, 2.24) is 10.6 Å². The SMILES string of the molecule is CC(C)(C)NC(=O)CCNCCc1cccs1. The first-order valence-corrected chi connectivity index (χ1v) is 6.89. The number of carbonyl (C=O) groups excluding carboxylic acids is 1. The molecule has 0 radical (unpaired) electrons. The van der Waals surface area contributed by atoms with Crippen LogP contribution in [0, 0.1) is 0 Å². The third-order valence-electron chi connectivity index (χ3n) is 2.17. The third-order valence-corrected chi connectivity index (χ3v) is 3.11. The lowest BCUT2D eigenvalue weighted by atomic mass is 10.1. The molecule has 0 aromatic carbocycles. The van der Waals surface area contributed by atoms with E-state index >= 15 is 0 Å². The highest BCUT2D eigenvalue weighted by Gasteiger charge is 2.12. The topological polar surface area (TPSA) is 41.1 Å². The molecular weight excluding hydrogens is 232 g/mol. The van der Waals surface area contributed by atoms with Crippen molar-refractivity contribution in [2.24, 2.45) is 0 Å². The van der Waals surface area contributed by atoms with Gasteiger partial charge in [-0.05, 0) is 45.2 Å². The van der Waals surface area contributed by atoms with Gasteiger partial charge >= 0.3 is 0 Å². The molecule has 1 rings (SSSR count). The molecule has 1 heterocycles. The number of carbonyl (C=O) groups is 1. The molecule has 1 aromatic heterocycles. The number of thiophene rings is 1. The van der Waals surface area contributed by atoms with Gasteiger partial charge in [-0.15, -0.1) is 11.3 Å². The van der Waals surface area contributed by atoms with Gasteiger partial charge in [-0.1, -0.05) is 6.07 Å². The van der Waals surface area contributed by atoms with E-state index in [4.69, 9.17) is 0 Å². The van der Waals surface area contributed by atoms with Gasteiger partial charge in [0.15, 0.2) is 0 Å². The van der Waals surface area contributed by atoms with Crippen LogP contribution in [0.3, 0.4) is 0 Å². The van der Waals surface area contributed by atoms with Crippen molar-refractivity contribution in [3.8, 4) is 0 Å². The second kappa shape index (κ2) is 6.77. The summed E-state index contributed by atoms with van der Waals surface area (Å²) in [5.41, 5.74) is -0.131. The maximum atomic E-state index is 11.5. The number of hydrogen-bond acceptors (Lipinski definition) is 3. The Balaban J connectivity index is 2.02. The van der Waals surface area contributed by atoms with Crippen molar-refractivity contribution in [3.63, 3.8) is 0 Å². The average molecular weight is 254 g/mol. The summed E-state index contributed by atoms with van der Waals surface area (Å²) in [6.07, 6.45) is 1.58. The molecule has 0 aliphatic rings. The first kappa shape index (κ1) is 14.2. The lowest BCUT2D eigenvalue weighted by Gasteiger charge is -2.20. The number of rotatable bonds is 6. The molecule has 0 saturated heterocycles. The van der Waals surface area contributed by atoms with E-state index in [0.29, 0.717) is 6.42 Å². The Labute approximate surface area is 108 Å². The Morgan fingerprint density at radius 1 is 1.35 bits per heavy atom. The first-order valence-electron chi connectivity index (χ1n) is 6.01. The molecule has 4 heteroatoms. The van der Waals surface area contributed by atoms with E-state index in [2.05, 4.69) is 28.1 Å². The van der Waals surface area contributed by atoms with Crippen molar-refractivity contribution < 1.29 is 4.79 Å². The predicted octanol–water partition coefficient (Wildman–Crippen LogP) is 2.18. The monoisotopic (exact) mass is 254 g/mol. The Morgan fingerprint density at radius 3 is 2.71 bits per heavy atom. The smallest absolute Gasteiger partial charge is 0.221 e. The molecule has 17 heavy (non-hydrogen) atoms. The third kappa shape index (κ3) is 7.13. The molecule has 0 fully saturated rings. The summed E-state index contributed by atoms with van der Waals surface area (Å²) in [5, 5.41) is 8.32. The van der Waals surface area contributed by atoms with Crippen LogP contribution in [-0.4, -0.2) is 24.5 Å². The van der Waals surface area contributed by atoms with E-state index in [1.165, 1.54) is 4.88 Å². The quantitative estimate of drug-likeness (QED) is 0.764. The van der Waals surface area contributed by atoms with Crippen molar-refractivity contribution in [2.45, 2.75) is 39.2 Å². The first-order chi connectivity index (χ1) is 7.97. The molecule has 3 nitrogen and oxygen atoms in total. The van der Waals surface area contributed by atoms with Crippen LogP contribution >= 0.6 is 11.3 Å². The van der Waals surface area contributed by atoms with Crippen LogP contribution in [0.4, 0.5) is 0 Å². The molecule has 0 unspecified atom stereocenters. The summed E-state index contributed by atoms with van der Waals surface area (Å²) >= 11 is 1.78. The van der Waals surface area contributed by atoms with Crippen molar-refractivity contribution in [1.29, 1.82) is 0 Å². The lowest BCUT2D eigenvalue weighted by Crippen LogP contribution is -2.41. The summed E-state index contributed by atoms with van der Waals surface area (Å²) < 4.78 is 0. The van der Waals surface area contributed by atoms with Crippen LogP contribution in [-0.2, 0) is 11.2 Å². The Bertz CT molecular complexity index is 328. The number of amides is 1. The van der Waals surface area contributed by atoms with Crippen molar-refractivity contribution in [2.75, 3.05) is 13.1 Å². The van der Waals surface area contributed by atoms with Crippen LogP contribution in [0.25, 0.3) is 0 Å². The summed E-state index contributed by atoms with van der Waals surface area (Å²) in [5.74, 6) is 0.112. The van der Waals surface area contributed by atoms with Crippen LogP contribution in [0.5, 0.6) is 0 Å². The highest BCUT2D eigenvalue weighted by atomic mass is 32.1. The Kier molecular flexibility index (Phi) is 5.65. The Morgan fingerprint density at radius 2 is 2.12 bits per heavy atom. The van der Waals surface area contributed by atoms with Gasteiger partial charge < -0.3 is 10.6 Å². The van der Waals surface area contributed by atoms with E-state index in [1.807, 2.05) is 20.8 Å². The molecule has 2 N–H and O–H groups in total. The van der Waals surface area contributed by atoms with Crippen LogP contribution < -0.4 is 10.6 Å². The van der Waals surface area contributed by atoms with Gasteiger partial charge in [-0.25, -0.2) is 0 Å². The van der Waals surface area contributed by atoms with Crippen LogP contribution in [0.15, 0.2) is 17.5 Å². The van der Waals surface area contributed by atoms with Gasteiger partial charge in [-0.2, -0.15) is 0 Å². The molecule has 0 atom stereocenters. The maximum Gasteiger partial charge on any atom is 0.221 e. The van der Waals surface area contributed by atoms with Gasteiger partial charge in [-0.3, -0.25) is 4.79 Å². The Hall–Kier alpha value is -0.870. The summed E-state index contributed by atoms with van der Waals surface area (Å²) in [4.78, 5) is 12.9. The fraction of sp³-hybridized carbons (Fsp3) is 0.615. The zero-order chi connectivity index (χ0) is 12.7. The van der Waals surface area contributed by atoms with Crippen molar-refractivity contribution in [3.05, 3.63) is 22.4 Å². The maximum absolute atomic E-state index is 11.5. The molecule has 1 amide bonds. The highest BCUT2D eigenvalue weighted by Crippen LogP contribution is 2.07. The molecule has 1 aromatic rings. The van der Waals surface area contributed by atoms with Gasteiger partial charge in [0.2, 0.25) is 5.91 Å². The number of hydrogen-bond donors (Lipinski definition) is 2. The minimum absolute atomic E-state index is 0.112. The second-order valence-corrected chi connectivity index (χ2v) is 6.16. The summed E-state index contributed by atoms with van der Waals surface area (Å²) in [7, 11) is 0. The van der Waals surface area contributed by atoms with E-state index in [0.717, 1.165) is 19.5 Å². The highest BCUT2D eigenvalue weighted by molar-refractivity contribution is 7.09. The molecule has 0 spiro atoms. The van der Waals surface area contributed by atoms with Gasteiger partial charge in [0.25, 0.3) is 0 Å². The average Bonchev–Trinajstić information content (AvgIpc) is 2.67. The van der Waals surface area contributed by atoms with E-state index in [-0.39, 0.29) is 11.4 Å². The second-order valence-electron chi connectivity index (χ2n) is 5.13. The standard InChI is InChI=1S/C13H22N2OS/c1-13(2,3)15-12(16)7-9-14-8-6-11-5-4-10-17-11/h4-5,10,14H,6-9H2,1-3H3,(H,15,16). The lowest BCUT2D eigenvalue weighted by molar-refractivity contribution is -0.122. The van der Waals surface area contributed by atoms with Crippen LogP contribution in [0.1, 0.15) is 32.1 Å². The normalized spacial score (nSPS) is 11.5. The van der Waals surface area contributed by atoms with Gasteiger partial charge in [0, 0.05) is 23.4 Å². The number of nitrogens with one attached hydrogen (secondary N) is 2. The predicted molar refractivity (Wildman–Crippen MR) is 73.4 cm³/mol. The van der Waals surface area contributed by atoms with Gasteiger partial charge in [0.1, 0.15) is 0 Å².